The third kappa shape index (κ3) is 5.51. The molecule has 0 spiro atoms. The van der Waals surface area contributed by atoms with E-state index in [1.807, 2.05) is 60.9 Å². The van der Waals surface area contributed by atoms with Gasteiger partial charge in [-0.2, -0.15) is 0 Å². The number of allylic oxidation sites excluding steroid dienone is 1. The molecule has 0 atom stereocenters. The van der Waals surface area contributed by atoms with Crippen molar-refractivity contribution in [2.45, 2.75) is 32.2 Å². The van der Waals surface area contributed by atoms with Crippen LogP contribution in [0, 0.1) is 13.8 Å². The monoisotopic (exact) mass is 536 g/mol. The Balaban J connectivity index is 1.43. The maximum atomic E-state index is 12.6. The van der Waals surface area contributed by atoms with Gasteiger partial charge in [-0.25, -0.2) is 0 Å². The molecule has 8 heteroatoms. The molecule has 0 unspecified atom stereocenters. The summed E-state index contributed by atoms with van der Waals surface area (Å²) in [6.45, 7) is 8.68. The van der Waals surface area contributed by atoms with E-state index in [0.29, 0.717) is 17.5 Å². The minimum Gasteiger partial charge on any atom is -0.485 e. The van der Waals surface area contributed by atoms with Gasteiger partial charge in [0.25, 0.3) is 0 Å². The van der Waals surface area contributed by atoms with Crippen molar-refractivity contribution in [3.63, 3.8) is 0 Å². The number of hydrogen-bond acceptors (Lipinski definition) is 5. The van der Waals surface area contributed by atoms with Crippen LogP contribution in [-0.2, 0) is 17.9 Å². The van der Waals surface area contributed by atoms with Gasteiger partial charge in [0.05, 0.1) is 11.4 Å². The molecule has 6 nitrogen and oxygen atoms in total. The Morgan fingerprint density at radius 2 is 1.91 bits per heavy atom. The fraction of sp³-hybridized carbons (Fsp3) is 0.192. The Kier molecular flexibility index (Phi) is 7.70. The number of fused-ring (bicyclic) bond motifs is 1. The number of halogens is 1. The van der Waals surface area contributed by atoms with Crippen molar-refractivity contribution in [2.75, 3.05) is 11.1 Å². The highest BCUT2D eigenvalue weighted by Crippen LogP contribution is 2.28. The average molecular weight is 537 g/mol. The lowest BCUT2D eigenvalue weighted by molar-refractivity contribution is -0.113. The summed E-state index contributed by atoms with van der Waals surface area (Å²) in [7, 11) is 0. The maximum Gasteiger partial charge on any atom is 0.234 e. The summed E-state index contributed by atoms with van der Waals surface area (Å²) >= 11 is 4.85. The zero-order valence-electron chi connectivity index (χ0n) is 19.0. The van der Waals surface area contributed by atoms with Crippen molar-refractivity contribution in [2.24, 2.45) is 0 Å². The van der Waals surface area contributed by atoms with Gasteiger partial charge in [-0.15, -0.1) is 16.8 Å². The zero-order valence-corrected chi connectivity index (χ0v) is 21.4. The molecule has 1 N–H and O–H groups in total. The van der Waals surface area contributed by atoms with Crippen LogP contribution in [-0.4, -0.2) is 26.4 Å². The lowest BCUT2D eigenvalue weighted by Crippen LogP contribution is -2.15. The van der Waals surface area contributed by atoms with Crippen molar-refractivity contribution in [3.8, 4) is 5.75 Å². The minimum atomic E-state index is -0.115. The molecular formula is C26H25BrN4O2S. The number of nitrogens with one attached hydrogen (secondary N) is 1. The first kappa shape index (κ1) is 24.0. The van der Waals surface area contributed by atoms with Crippen LogP contribution in [0.1, 0.15) is 17.0 Å². The second-order valence-electron chi connectivity index (χ2n) is 7.82. The number of hydrogen-bond donors (Lipinski definition) is 1. The van der Waals surface area contributed by atoms with E-state index in [9.17, 15) is 4.79 Å². The van der Waals surface area contributed by atoms with Crippen molar-refractivity contribution in [1.29, 1.82) is 0 Å². The second kappa shape index (κ2) is 10.9. The summed E-state index contributed by atoms with van der Waals surface area (Å²) in [5, 5.41) is 14.4. The Morgan fingerprint density at radius 1 is 1.15 bits per heavy atom. The molecule has 0 bridgehead atoms. The summed E-state index contributed by atoms with van der Waals surface area (Å²) in [5.74, 6) is 1.56. The molecule has 0 aliphatic heterocycles. The van der Waals surface area contributed by atoms with Gasteiger partial charge in [-0.1, -0.05) is 54.2 Å². The van der Waals surface area contributed by atoms with E-state index in [1.165, 1.54) is 11.8 Å². The molecule has 34 heavy (non-hydrogen) atoms. The number of carbonyl (C=O) groups excluding carboxylic acids is 1. The lowest BCUT2D eigenvalue weighted by Gasteiger charge is -2.12. The van der Waals surface area contributed by atoms with Crippen LogP contribution in [0.4, 0.5) is 5.69 Å². The van der Waals surface area contributed by atoms with E-state index in [-0.39, 0.29) is 18.3 Å². The lowest BCUT2D eigenvalue weighted by atomic mass is 10.1. The van der Waals surface area contributed by atoms with Crippen LogP contribution < -0.4 is 10.1 Å². The van der Waals surface area contributed by atoms with E-state index < -0.39 is 0 Å². The molecule has 0 saturated carbocycles. The molecule has 0 saturated heterocycles. The van der Waals surface area contributed by atoms with E-state index in [0.717, 1.165) is 37.8 Å². The summed E-state index contributed by atoms with van der Waals surface area (Å²) in [4.78, 5) is 12.6. The Hall–Kier alpha value is -3.10. The molecule has 1 amide bonds. The fourth-order valence-corrected chi connectivity index (χ4v) is 4.83. The first-order chi connectivity index (χ1) is 16.5. The van der Waals surface area contributed by atoms with Crippen molar-refractivity contribution >= 4 is 50.1 Å². The first-order valence-electron chi connectivity index (χ1n) is 10.8. The van der Waals surface area contributed by atoms with E-state index in [2.05, 4.69) is 50.2 Å². The number of amides is 1. The SMILES string of the molecule is C=CCn1c(COc2cccc3ccccc23)nnc1SCC(=O)Nc1cc(C)c(C)cc1Br. The van der Waals surface area contributed by atoms with Gasteiger partial charge in [0.15, 0.2) is 11.0 Å². The van der Waals surface area contributed by atoms with Gasteiger partial charge in [-0.3, -0.25) is 9.36 Å². The number of benzene rings is 3. The highest BCUT2D eigenvalue weighted by molar-refractivity contribution is 9.10. The van der Waals surface area contributed by atoms with Crippen molar-refractivity contribution in [3.05, 3.63) is 88.7 Å². The number of nitrogens with zero attached hydrogens (tertiary/aromatic N) is 3. The number of ether oxygens (including phenoxy) is 1. The second-order valence-corrected chi connectivity index (χ2v) is 9.61. The molecule has 0 aliphatic carbocycles. The fourth-order valence-electron chi connectivity index (χ4n) is 3.50. The number of thioether (sulfide) groups is 1. The Morgan fingerprint density at radius 3 is 2.74 bits per heavy atom. The zero-order chi connectivity index (χ0) is 24.1. The molecule has 4 rings (SSSR count). The van der Waals surface area contributed by atoms with Crippen LogP contribution in [0.25, 0.3) is 10.8 Å². The van der Waals surface area contributed by atoms with Gasteiger partial charge < -0.3 is 10.1 Å². The smallest absolute Gasteiger partial charge is 0.234 e. The summed E-state index contributed by atoms with van der Waals surface area (Å²) < 4.78 is 8.87. The highest BCUT2D eigenvalue weighted by atomic mass is 79.9. The number of aryl methyl sites for hydroxylation is 2. The number of carbonyl (C=O) groups is 1. The number of rotatable bonds is 9. The molecule has 0 radical (unpaired) electrons. The third-order valence-electron chi connectivity index (χ3n) is 5.40. The molecule has 174 valence electrons. The normalized spacial score (nSPS) is 10.9. The molecule has 0 fully saturated rings. The molecule has 1 heterocycles. The largest absolute Gasteiger partial charge is 0.485 e. The predicted molar refractivity (Wildman–Crippen MR) is 141 cm³/mol. The summed E-state index contributed by atoms with van der Waals surface area (Å²) in [6, 6.07) is 18.0. The number of anilines is 1. The minimum absolute atomic E-state index is 0.115. The van der Waals surface area contributed by atoms with Crippen molar-refractivity contribution in [1.82, 2.24) is 14.8 Å². The quantitative estimate of drug-likeness (QED) is 0.200. The molecule has 1 aromatic heterocycles. The first-order valence-corrected chi connectivity index (χ1v) is 12.6. The average Bonchev–Trinajstić information content (AvgIpc) is 3.21. The predicted octanol–water partition coefficient (Wildman–Crippen LogP) is 6.31. The topological polar surface area (TPSA) is 69.0 Å². The molecule has 4 aromatic rings. The molecule has 0 aliphatic rings. The Bertz CT molecular complexity index is 1350. The van der Waals surface area contributed by atoms with Crippen LogP contribution >= 0.6 is 27.7 Å². The summed E-state index contributed by atoms with van der Waals surface area (Å²) in [5.41, 5.74) is 3.04. The third-order valence-corrected chi connectivity index (χ3v) is 7.02. The van der Waals surface area contributed by atoms with Crippen LogP contribution in [0.2, 0.25) is 0 Å². The summed E-state index contributed by atoms with van der Waals surface area (Å²) in [6.07, 6.45) is 1.78. The highest BCUT2D eigenvalue weighted by Gasteiger charge is 2.15. The van der Waals surface area contributed by atoms with Crippen LogP contribution in [0.3, 0.4) is 0 Å². The van der Waals surface area contributed by atoms with Gasteiger partial charge in [0.2, 0.25) is 5.91 Å². The van der Waals surface area contributed by atoms with Gasteiger partial charge in [-0.05, 0) is 64.5 Å². The maximum absolute atomic E-state index is 12.6. The number of aromatic nitrogens is 3. The van der Waals surface area contributed by atoms with Crippen LogP contribution in [0.5, 0.6) is 5.75 Å². The van der Waals surface area contributed by atoms with Crippen molar-refractivity contribution < 1.29 is 9.53 Å². The molecule has 3 aromatic carbocycles. The van der Waals surface area contributed by atoms with Gasteiger partial charge in [0, 0.05) is 16.4 Å². The van der Waals surface area contributed by atoms with Gasteiger partial charge >= 0.3 is 0 Å². The molecular weight excluding hydrogens is 512 g/mol. The standard InChI is InChI=1S/C26H25BrN4O2S/c1-4-12-31-24(15-33-23-11-7-9-19-8-5-6-10-20(19)23)29-30-26(31)34-16-25(32)28-22-14-18(3)17(2)13-21(22)27/h4-11,13-14H,1,12,15-16H2,2-3H3,(H,28,32). The van der Waals surface area contributed by atoms with E-state index in [1.54, 1.807) is 6.08 Å². The van der Waals surface area contributed by atoms with Gasteiger partial charge in [0.1, 0.15) is 12.4 Å². The van der Waals surface area contributed by atoms with Crippen LogP contribution in [0.15, 0.2) is 76.9 Å². The van der Waals surface area contributed by atoms with E-state index in [4.69, 9.17) is 4.74 Å². The Labute approximate surface area is 211 Å². The van der Waals surface area contributed by atoms with E-state index >= 15 is 0 Å².